The van der Waals surface area contributed by atoms with Gasteiger partial charge in [-0.2, -0.15) is 0 Å². The summed E-state index contributed by atoms with van der Waals surface area (Å²) in [7, 11) is 6.21. The molecule has 0 aromatic heterocycles. The Morgan fingerprint density at radius 2 is 1.76 bits per heavy atom. The van der Waals surface area contributed by atoms with Crippen LogP contribution in [0, 0.1) is 17.7 Å². The van der Waals surface area contributed by atoms with Crippen LogP contribution in [0.25, 0.3) is 0 Å². The number of methoxy groups -OCH3 is 4. The highest BCUT2D eigenvalue weighted by Crippen LogP contribution is 2.49. The Morgan fingerprint density at radius 3 is 2.39 bits per heavy atom. The number of carbonyl (C=O) groups is 1. The first-order valence-electron chi connectivity index (χ1n) is 12.1. The Morgan fingerprint density at radius 1 is 1.11 bits per heavy atom. The molecule has 0 bridgehead atoms. The summed E-state index contributed by atoms with van der Waals surface area (Å²) in [6.45, 7) is 0.0811. The first-order valence-corrected chi connectivity index (χ1v) is 13.9. The molecular formula is C27H32BrFN2O6S. The predicted molar refractivity (Wildman–Crippen MR) is 147 cm³/mol. The van der Waals surface area contributed by atoms with Crippen molar-refractivity contribution in [3.8, 4) is 0 Å². The van der Waals surface area contributed by atoms with Crippen molar-refractivity contribution in [1.29, 1.82) is 0 Å². The van der Waals surface area contributed by atoms with Gasteiger partial charge in [0.1, 0.15) is 11.4 Å². The molecule has 38 heavy (non-hydrogen) atoms. The van der Waals surface area contributed by atoms with Gasteiger partial charge in [0.25, 0.3) is 5.91 Å². The van der Waals surface area contributed by atoms with Crippen LogP contribution in [0.4, 0.5) is 4.39 Å². The van der Waals surface area contributed by atoms with Gasteiger partial charge in [-0.25, -0.2) is 9.38 Å². The number of thioether (sulfide) groups is 1. The number of fused-ring (bicyclic) bond motifs is 1. The highest BCUT2D eigenvalue weighted by Gasteiger charge is 2.53. The summed E-state index contributed by atoms with van der Waals surface area (Å²) in [6.07, 6.45) is -1.17. The number of aliphatic imine (C=N–C) groups is 1. The summed E-state index contributed by atoms with van der Waals surface area (Å²) in [5, 5.41) is 3.33. The predicted octanol–water partition coefficient (Wildman–Crippen LogP) is 4.58. The zero-order chi connectivity index (χ0) is 27.3. The van der Waals surface area contributed by atoms with Crippen molar-refractivity contribution in [1.82, 2.24) is 5.32 Å². The third kappa shape index (κ3) is 5.99. The van der Waals surface area contributed by atoms with Crippen LogP contribution in [0.5, 0.6) is 0 Å². The molecule has 0 radical (unpaired) electrons. The molecule has 1 saturated heterocycles. The van der Waals surface area contributed by atoms with Crippen molar-refractivity contribution >= 4 is 38.8 Å². The van der Waals surface area contributed by atoms with E-state index in [1.807, 2.05) is 6.07 Å². The topological polar surface area (TPSA) is 87.6 Å². The van der Waals surface area contributed by atoms with Gasteiger partial charge in [-0.15, -0.1) is 0 Å². The normalized spacial score (nSPS) is 23.4. The van der Waals surface area contributed by atoms with E-state index in [1.54, 1.807) is 64.8 Å². The summed E-state index contributed by atoms with van der Waals surface area (Å²) in [5.74, 6) is -0.626. The minimum atomic E-state index is -1.05. The van der Waals surface area contributed by atoms with Gasteiger partial charge < -0.3 is 29.0 Å². The number of carbonyl (C=O) groups excluding carboxylic acids is 1. The van der Waals surface area contributed by atoms with Crippen LogP contribution in [-0.2, 0) is 29.2 Å². The lowest BCUT2D eigenvalue weighted by molar-refractivity contribution is -0.260. The maximum absolute atomic E-state index is 15.4. The van der Waals surface area contributed by atoms with Crippen molar-refractivity contribution < 1.29 is 32.9 Å². The first kappa shape index (κ1) is 29.1. The molecular weight excluding hydrogens is 579 g/mol. The molecule has 11 heteroatoms. The zero-order valence-corrected chi connectivity index (χ0v) is 24.1. The monoisotopic (exact) mass is 610 g/mol. The number of amides is 1. The molecule has 3 atom stereocenters. The van der Waals surface area contributed by atoms with Crippen LogP contribution in [0.15, 0.2) is 58.0 Å². The molecule has 0 unspecified atom stereocenters. The second kappa shape index (κ2) is 13.0. The van der Waals surface area contributed by atoms with Gasteiger partial charge in [0.2, 0.25) is 0 Å². The fourth-order valence-corrected chi connectivity index (χ4v) is 6.72. The van der Waals surface area contributed by atoms with Gasteiger partial charge in [0.05, 0.1) is 18.6 Å². The third-order valence-corrected chi connectivity index (χ3v) is 8.60. The Labute approximate surface area is 234 Å². The SMILES string of the molecule is COC(OC)C(C(OC)OC)[C@H]1C[C@H]2CSC(NC(=O)c3ccccc3)=N[C@@]2(c2cc(Br)ccc2F)CO1. The van der Waals surface area contributed by atoms with E-state index in [2.05, 4.69) is 21.2 Å². The van der Waals surface area contributed by atoms with E-state index in [-0.39, 0.29) is 30.4 Å². The summed E-state index contributed by atoms with van der Waals surface area (Å²) in [4.78, 5) is 17.9. The summed E-state index contributed by atoms with van der Waals surface area (Å²) in [6, 6.07) is 13.7. The molecule has 206 valence electrons. The van der Waals surface area contributed by atoms with Gasteiger partial charge in [0.15, 0.2) is 17.7 Å². The number of nitrogens with one attached hydrogen (secondary N) is 1. The quantitative estimate of drug-likeness (QED) is 0.416. The molecule has 8 nitrogen and oxygen atoms in total. The van der Waals surface area contributed by atoms with Gasteiger partial charge in [-0.1, -0.05) is 45.9 Å². The number of halogens is 2. The fourth-order valence-electron chi connectivity index (χ4n) is 5.20. The lowest BCUT2D eigenvalue weighted by atomic mass is 9.73. The molecule has 2 aromatic carbocycles. The number of ether oxygens (including phenoxy) is 5. The van der Waals surface area contributed by atoms with Gasteiger partial charge in [0, 0.05) is 55.7 Å². The van der Waals surface area contributed by atoms with Crippen LogP contribution in [0.3, 0.4) is 0 Å². The summed E-state index contributed by atoms with van der Waals surface area (Å²) >= 11 is 4.91. The number of nitrogens with zero attached hydrogens (tertiary/aromatic N) is 1. The van der Waals surface area contributed by atoms with E-state index < -0.39 is 24.0 Å². The molecule has 1 amide bonds. The van der Waals surface area contributed by atoms with Crippen LogP contribution < -0.4 is 5.32 Å². The molecule has 0 saturated carbocycles. The molecule has 2 aliphatic heterocycles. The van der Waals surface area contributed by atoms with E-state index in [0.29, 0.717) is 28.5 Å². The van der Waals surface area contributed by atoms with Crippen LogP contribution in [0.1, 0.15) is 22.3 Å². The van der Waals surface area contributed by atoms with Crippen LogP contribution >= 0.6 is 27.7 Å². The Kier molecular flexibility index (Phi) is 9.96. The van der Waals surface area contributed by atoms with E-state index in [1.165, 1.54) is 17.8 Å². The highest BCUT2D eigenvalue weighted by molar-refractivity contribution is 9.10. The van der Waals surface area contributed by atoms with E-state index in [4.69, 9.17) is 28.7 Å². The van der Waals surface area contributed by atoms with E-state index in [0.717, 1.165) is 4.47 Å². The van der Waals surface area contributed by atoms with E-state index in [9.17, 15) is 4.79 Å². The number of benzene rings is 2. The van der Waals surface area contributed by atoms with Crippen molar-refractivity contribution in [2.24, 2.45) is 16.8 Å². The number of hydrogen-bond donors (Lipinski definition) is 1. The lowest BCUT2D eigenvalue weighted by Crippen LogP contribution is -2.55. The molecule has 1 fully saturated rings. The molecule has 2 heterocycles. The Balaban J connectivity index is 1.70. The second-order valence-corrected chi connectivity index (χ2v) is 11.1. The smallest absolute Gasteiger partial charge is 0.257 e. The largest absolute Gasteiger partial charge is 0.375 e. The van der Waals surface area contributed by atoms with Crippen molar-refractivity contribution in [3.63, 3.8) is 0 Å². The average Bonchev–Trinajstić information content (AvgIpc) is 2.94. The maximum atomic E-state index is 15.4. The molecule has 0 aliphatic carbocycles. The fraction of sp³-hybridized carbons (Fsp3) is 0.481. The summed E-state index contributed by atoms with van der Waals surface area (Å²) < 4.78 is 44.8. The lowest BCUT2D eigenvalue weighted by Gasteiger charge is -2.49. The highest BCUT2D eigenvalue weighted by atomic mass is 79.9. The van der Waals surface area contributed by atoms with Crippen molar-refractivity contribution in [2.45, 2.75) is 30.6 Å². The number of amidine groups is 1. The summed E-state index contributed by atoms with van der Waals surface area (Å²) in [5.41, 5.74) is -0.132. The zero-order valence-electron chi connectivity index (χ0n) is 21.7. The minimum Gasteiger partial charge on any atom is -0.375 e. The van der Waals surface area contributed by atoms with Crippen molar-refractivity contribution in [3.05, 3.63) is 69.9 Å². The number of hydrogen-bond acceptors (Lipinski definition) is 8. The third-order valence-electron chi connectivity index (χ3n) is 7.07. The van der Waals surface area contributed by atoms with Crippen LogP contribution in [-0.4, -0.2) is 70.6 Å². The molecule has 1 N–H and O–H groups in total. The average molecular weight is 612 g/mol. The first-order chi connectivity index (χ1) is 18.4. The second-order valence-electron chi connectivity index (χ2n) is 9.14. The maximum Gasteiger partial charge on any atom is 0.257 e. The molecule has 0 spiro atoms. The number of rotatable bonds is 9. The minimum absolute atomic E-state index is 0.0811. The van der Waals surface area contributed by atoms with E-state index >= 15 is 4.39 Å². The van der Waals surface area contributed by atoms with Crippen molar-refractivity contribution in [2.75, 3.05) is 40.8 Å². The van der Waals surface area contributed by atoms with Crippen LogP contribution in [0.2, 0.25) is 0 Å². The van der Waals surface area contributed by atoms with Gasteiger partial charge in [-0.05, 0) is 36.8 Å². The van der Waals surface area contributed by atoms with Gasteiger partial charge >= 0.3 is 0 Å². The Hall–Kier alpha value is -1.86. The Bertz CT molecular complexity index is 1120. The molecule has 4 rings (SSSR count). The standard InChI is InChI=1S/C27H32BrFN2O6S/c1-33-24(34-2)22(25(35-3)36-4)21-12-17-14-38-26(30-23(32)16-8-6-5-7-9-16)31-27(17,15-37-21)19-13-18(28)10-11-20(19)29/h5-11,13,17,21-22,24-25H,12,14-15H2,1-4H3,(H,30,31,32)/t17-,21+,27-/m0/s1. The van der Waals surface area contributed by atoms with Gasteiger partial charge in [-0.3, -0.25) is 4.79 Å². The molecule has 2 aromatic rings. The molecule has 2 aliphatic rings.